The quantitative estimate of drug-likeness (QED) is 0.709. The Hall–Kier alpha value is -0.870. The highest BCUT2D eigenvalue weighted by molar-refractivity contribution is 5.18. The second kappa shape index (κ2) is 3.47. The second-order valence-electron chi connectivity index (χ2n) is 3.31. The van der Waals surface area contributed by atoms with Crippen LogP contribution in [-0.4, -0.2) is 23.2 Å². The van der Waals surface area contributed by atoms with Gasteiger partial charge in [-0.1, -0.05) is 0 Å². The van der Waals surface area contributed by atoms with Gasteiger partial charge in [-0.05, 0) is 7.05 Å². The van der Waals surface area contributed by atoms with E-state index in [-0.39, 0.29) is 0 Å². The van der Waals surface area contributed by atoms with Crippen molar-refractivity contribution < 1.29 is 4.74 Å². The molecule has 1 aliphatic rings. The van der Waals surface area contributed by atoms with Crippen LogP contribution in [0.1, 0.15) is 17.2 Å². The molecular weight excluding hydrogens is 166 g/mol. The summed E-state index contributed by atoms with van der Waals surface area (Å²) < 4.78 is 7.52. The molecule has 4 heteroatoms. The fourth-order valence-corrected chi connectivity index (χ4v) is 1.73. The first-order valence-electron chi connectivity index (χ1n) is 4.58. The second-order valence-corrected chi connectivity index (χ2v) is 3.31. The van der Waals surface area contributed by atoms with E-state index in [4.69, 9.17) is 4.74 Å². The molecule has 0 radical (unpaired) electrons. The molecule has 0 amide bonds. The van der Waals surface area contributed by atoms with E-state index >= 15 is 0 Å². The molecule has 72 valence electrons. The third kappa shape index (κ3) is 1.47. The molecule has 0 spiro atoms. The Kier molecular flexibility index (Phi) is 2.33. The van der Waals surface area contributed by atoms with E-state index in [1.54, 1.807) is 0 Å². The van der Waals surface area contributed by atoms with Crippen molar-refractivity contribution in [3.8, 4) is 0 Å². The molecular formula is C9H15N3O. The summed E-state index contributed by atoms with van der Waals surface area (Å²) in [7, 11) is 4.01. The Balaban J connectivity index is 2.33. The van der Waals surface area contributed by atoms with E-state index < -0.39 is 0 Å². The lowest BCUT2D eigenvalue weighted by Crippen LogP contribution is -2.13. The Morgan fingerprint density at radius 2 is 2.46 bits per heavy atom. The highest BCUT2D eigenvalue weighted by Crippen LogP contribution is 2.16. The number of imidazole rings is 1. The number of nitrogens with one attached hydrogen (secondary N) is 1. The van der Waals surface area contributed by atoms with Gasteiger partial charge in [-0.15, -0.1) is 0 Å². The summed E-state index contributed by atoms with van der Waals surface area (Å²) in [5.41, 5.74) is 2.44. The molecule has 0 saturated heterocycles. The summed E-state index contributed by atoms with van der Waals surface area (Å²) in [6.07, 6.45) is 0.989. The number of aromatic nitrogens is 2. The van der Waals surface area contributed by atoms with Gasteiger partial charge in [0.1, 0.15) is 5.82 Å². The normalized spacial score (nSPS) is 15.8. The monoisotopic (exact) mass is 181 g/mol. The first-order valence-corrected chi connectivity index (χ1v) is 4.58. The Morgan fingerprint density at radius 3 is 3.15 bits per heavy atom. The molecule has 0 bridgehead atoms. The molecule has 0 atom stereocenters. The maximum Gasteiger partial charge on any atom is 0.123 e. The molecule has 0 saturated carbocycles. The highest BCUT2D eigenvalue weighted by Gasteiger charge is 2.17. The Bertz CT molecular complexity index is 306. The predicted molar refractivity (Wildman–Crippen MR) is 49.3 cm³/mol. The molecule has 2 rings (SSSR count). The van der Waals surface area contributed by atoms with Crippen molar-refractivity contribution in [2.24, 2.45) is 7.05 Å². The summed E-state index contributed by atoms with van der Waals surface area (Å²) in [6, 6.07) is 0. The highest BCUT2D eigenvalue weighted by atomic mass is 16.5. The maximum atomic E-state index is 5.35. The lowest BCUT2D eigenvalue weighted by atomic mass is 10.2. The van der Waals surface area contributed by atoms with Crippen molar-refractivity contribution in [1.29, 1.82) is 0 Å². The van der Waals surface area contributed by atoms with Gasteiger partial charge in [0.05, 0.1) is 25.5 Å². The van der Waals surface area contributed by atoms with Crippen LogP contribution in [0.3, 0.4) is 0 Å². The number of ether oxygens (including phenoxy) is 1. The van der Waals surface area contributed by atoms with Crippen LogP contribution in [0.2, 0.25) is 0 Å². The van der Waals surface area contributed by atoms with Crippen LogP contribution in [0.4, 0.5) is 0 Å². The van der Waals surface area contributed by atoms with Crippen LogP contribution < -0.4 is 5.32 Å². The molecule has 1 aromatic rings. The molecule has 1 aliphatic heterocycles. The summed E-state index contributed by atoms with van der Waals surface area (Å²) >= 11 is 0. The van der Waals surface area contributed by atoms with Crippen LogP contribution in [0, 0.1) is 0 Å². The SMILES string of the molecule is CNCc1nc2c(n1C)CCOC2. The molecule has 0 fully saturated rings. The minimum atomic E-state index is 0.673. The topological polar surface area (TPSA) is 39.1 Å². The average molecular weight is 181 g/mol. The lowest BCUT2D eigenvalue weighted by Gasteiger charge is -2.12. The molecule has 2 heterocycles. The third-order valence-electron chi connectivity index (χ3n) is 2.45. The summed E-state index contributed by atoms with van der Waals surface area (Å²) in [5, 5.41) is 3.11. The predicted octanol–water partition coefficient (Wildman–Crippen LogP) is 0.212. The van der Waals surface area contributed by atoms with E-state index in [9.17, 15) is 0 Å². The van der Waals surface area contributed by atoms with Crippen molar-refractivity contribution in [2.75, 3.05) is 13.7 Å². The largest absolute Gasteiger partial charge is 0.375 e. The van der Waals surface area contributed by atoms with Crippen molar-refractivity contribution in [2.45, 2.75) is 19.6 Å². The van der Waals surface area contributed by atoms with E-state index in [1.165, 1.54) is 5.69 Å². The fraction of sp³-hybridized carbons (Fsp3) is 0.667. The maximum absolute atomic E-state index is 5.35. The number of hydrogen-bond acceptors (Lipinski definition) is 3. The third-order valence-corrected chi connectivity index (χ3v) is 2.45. The van der Waals surface area contributed by atoms with Crippen LogP contribution >= 0.6 is 0 Å². The van der Waals surface area contributed by atoms with E-state index in [0.717, 1.165) is 31.1 Å². The number of rotatable bonds is 2. The molecule has 0 aromatic carbocycles. The van der Waals surface area contributed by atoms with Gasteiger partial charge in [0.15, 0.2) is 0 Å². The van der Waals surface area contributed by atoms with Gasteiger partial charge in [-0.2, -0.15) is 0 Å². The standard InChI is InChI=1S/C9H15N3O/c1-10-5-9-11-7-6-13-4-3-8(7)12(9)2/h10H,3-6H2,1-2H3. The minimum Gasteiger partial charge on any atom is -0.375 e. The Labute approximate surface area is 77.9 Å². The van der Waals surface area contributed by atoms with Crippen molar-refractivity contribution in [1.82, 2.24) is 14.9 Å². The fourth-order valence-electron chi connectivity index (χ4n) is 1.73. The van der Waals surface area contributed by atoms with E-state index in [2.05, 4.69) is 21.9 Å². The Morgan fingerprint density at radius 1 is 1.62 bits per heavy atom. The van der Waals surface area contributed by atoms with Gasteiger partial charge < -0.3 is 14.6 Å². The zero-order valence-electron chi connectivity index (χ0n) is 8.13. The van der Waals surface area contributed by atoms with Gasteiger partial charge in [0, 0.05) is 19.2 Å². The molecule has 1 aromatic heterocycles. The van der Waals surface area contributed by atoms with E-state index in [0.29, 0.717) is 6.61 Å². The first-order chi connectivity index (χ1) is 6.33. The number of fused-ring (bicyclic) bond motifs is 1. The number of hydrogen-bond donors (Lipinski definition) is 1. The first kappa shape index (κ1) is 8.72. The molecule has 13 heavy (non-hydrogen) atoms. The van der Waals surface area contributed by atoms with E-state index in [1.807, 2.05) is 7.05 Å². The van der Waals surface area contributed by atoms with Gasteiger partial charge in [-0.3, -0.25) is 0 Å². The van der Waals surface area contributed by atoms with Crippen molar-refractivity contribution >= 4 is 0 Å². The van der Waals surface area contributed by atoms with Crippen LogP contribution in [0.5, 0.6) is 0 Å². The van der Waals surface area contributed by atoms with Gasteiger partial charge >= 0.3 is 0 Å². The minimum absolute atomic E-state index is 0.673. The van der Waals surface area contributed by atoms with Crippen LogP contribution in [0.25, 0.3) is 0 Å². The van der Waals surface area contributed by atoms with Crippen molar-refractivity contribution in [3.05, 3.63) is 17.2 Å². The number of nitrogens with zero attached hydrogens (tertiary/aromatic N) is 2. The van der Waals surface area contributed by atoms with Crippen LogP contribution in [-0.2, 0) is 31.4 Å². The van der Waals surface area contributed by atoms with Gasteiger partial charge in [0.25, 0.3) is 0 Å². The zero-order chi connectivity index (χ0) is 9.26. The van der Waals surface area contributed by atoms with Gasteiger partial charge in [-0.25, -0.2) is 4.98 Å². The molecule has 0 aliphatic carbocycles. The van der Waals surface area contributed by atoms with Crippen molar-refractivity contribution in [3.63, 3.8) is 0 Å². The smallest absolute Gasteiger partial charge is 0.123 e. The van der Waals surface area contributed by atoms with Gasteiger partial charge in [0.2, 0.25) is 0 Å². The average Bonchev–Trinajstić information content (AvgIpc) is 2.46. The molecule has 1 N–H and O–H groups in total. The molecule has 0 unspecified atom stereocenters. The van der Waals surface area contributed by atoms with Crippen LogP contribution in [0.15, 0.2) is 0 Å². The molecule has 4 nitrogen and oxygen atoms in total. The summed E-state index contributed by atoms with van der Waals surface area (Å²) in [4.78, 5) is 4.52. The zero-order valence-corrected chi connectivity index (χ0v) is 8.13. The summed E-state index contributed by atoms with van der Waals surface area (Å²) in [5.74, 6) is 1.10. The summed E-state index contributed by atoms with van der Waals surface area (Å²) in [6.45, 7) is 2.32. The lowest BCUT2D eigenvalue weighted by molar-refractivity contribution is 0.106.